The van der Waals surface area contributed by atoms with Crippen LogP contribution in [0.15, 0.2) is 30.3 Å². The summed E-state index contributed by atoms with van der Waals surface area (Å²) in [6, 6.07) is 9.51. The van der Waals surface area contributed by atoms with Crippen LogP contribution in [0.4, 0.5) is 0 Å². The van der Waals surface area contributed by atoms with Gasteiger partial charge >= 0.3 is 11.9 Å². The van der Waals surface area contributed by atoms with E-state index in [0.717, 1.165) is 5.56 Å². The van der Waals surface area contributed by atoms with Crippen LogP contribution >= 0.6 is 0 Å². The molecule has 8 heteroatoms. The first-order valence-corrected chi connectivity index (χ1v) is 8.24. The molecule has 1 aromatic rings. The third kappa shape index (κ3) is 5.50. The standard InChI is InChI=1S/C18H24O8/c1-11(19)24-16-15(21)14(10-23-9-13-7-5-4-6-8-13)26-18(22-3)17(16)25-12(2)20/h4-8,14-18,21H,9-10H2,1-3H3/t14?,15-,16?,17?,18+/m1/s1. The van der Waals surface area contributed by atoms with Crippen LogP contribution in [0.25, 0.3) is 0 Å². The summed E-state index contributed by atoms with van der Waals surface area (Å²) >= 11 is 0. The van der Waals surface area contributed by atoms with Crippen molar-refractivity contribution in [2.24, 2.45) is 0 Å². The van der Waals surface area contributed by atoms with E-state index in [1.165, 1.54) is 21.0 Å². The summed E-state index contributed by atoms with van der Waals surface area (Å²) in [4.78, 5) is 22.7. The molecular weight excluding hydrogens is 344 g/mol. The molecule has 1 aromatic carbocycles. The molecule has 26 heavy (non-hydrogen) atoms. The van der Waals surface area contributed by atoms with Gasteiger partial charge in [-0.25, -0.2) is 0 Å². The van der Waals surface area contributed by atoms with Gasteiger partial charge in [0.15, 0.2) is 18.5 Å². The number of rotatable bonds is 7. The van der Waals surface area contributed by atoms with Crippen molar-refractivity contribution in [3.05, 3.63) is 35.9 Å². The molecule has 1 heterocycles. The highest BCUT2D eigenvalue weighted by Gasteiger charge is 2.49. The van der Waals surface area contributed by atoms with Gasteiger partial charge in [-0.05, 0) is 5.56 Å². The van der Waals surface area contributed by atoms with Gasteiger partial charge in [-0.2, -0.15) is 0 Å². The number of hydrogen-bond donors (Lipinski definition) is 1. The van der Waals surface area contributed by atoms with Crippen LogP contribution in [0, 0.1) is 0 Å². The van der Waals surface area contributed by atoms with Crippen molar-refractivity contribution in [2.45, 2.75) is 51.2 Å². The fourth-order valence-corrected chi connectivity index (χ4v) is 2.73. The molecule has 5 atom stereocenters. The van der Waals surface area contributed by atoms with Crippen LogP contribution in [0.2, 0.25) is 0 Å². The Kier molecular flexibility index (Phi) is 7.52. The smallest absolute Gasteiger partial charge is 0.303 e. The van der Waals surface area contributed by atoms with Gasteiger partial charge in [-0.1, -0.05) is 30.3 Å². The maximum atomic E-state index is 11.4. The van der Waals surface area contributed by atoms with Crippen LogP contribution in [0.3, 0.4) is 0 Å². The molecule has 8 nitrogen and oxygen atoms in total. The van der Waals surface area contributed by atoms with Crippen LogP contribution in [0.1, 0.15) is 19.4 Å². The Morgan fingerprint density at radius 2 is 1.69 bits per heavy atom. The molecular formula is C18H24O8. The number of ether oxygens (including phenoxy) is 5. The number of carbonyl (C=O) groups excluding carboxylic acids is 2. The minimum absolute atomic E-state index is 0.0421. The highest BCUT2D eigenvalue weighted by atomic mass is 16.7. The molecule has 0 aliphatic carbocycles. The van der Waals surface area contributed by atoms with Crippen LogP contribution in [0.5, 0.6) is 0 Å². The second-order valence-corrected chi connectivity index (χ2v) is 5.92. The Hall–Kier alpha value is -2.00. The van der Waals surface area contributed by atoms with Gasteiger partial charge in [0.2, 0.25) is 0 Å². The van der Waals surface area contributed by atoms with Crippen molar-refractivity contribution in [2.75, 3.05) is 13.7 Å². The monoisotopic (exact) mass is 368 g/mol. The molecule has 2 rings (SSSR count). The van der Waals surface area contributed by atoms with Crippen molar-refractivity contribution < 1.29 is 38.4 Å². The van der Waals surface area contributed by atoms with E-state index in [2.05, 4.69) is 0 Å². The molecule has 0 saturated carbocycles. The minimum Gasteiger partial charge on any atom is -0.455 e. The summed E-state index contributed by atoms with van der Waals surface area (Å²) in [5.74, 6) is -1.23. The number of hydrogen-bond acceptors (Lipinski definition) is 8. The molecule has 144 valence electrons. The number of aliphatic hydroxyl groups is 1. The van der Waals surface area contributed by atoms with Gasteiger partial charge in [-0.3, -0.25) is 9.59 Å². The lowest BCUT2D eigenvalue weighted by molar-refractivity contribution is -0.302. The molecule has 1 fully saturated rings. The van der Waals surface area contributed by atoms with Gasteiger partial charge in [0.05, 0.1) is 13.2 Å². The summed E-state index contributed by atoms with van der Waals surface area (Å²) in [5, 5.41) is 10.5. The molecule has 0 radical (unpaired) electrons. The summed E-state index contributed by atoms with van der Waals surface area (Å²) in [5.41, 5.74) is 0.968. The molecule has 0 amide bonds. The van der Waals surface area contributed by atoms with Crippen molar-refractivity contribution in [1.82, 2.24) is 0 Å². The number of aliphatic hydroxyl groups excluding tert-OH is 1. The Morgan fingerprint density at radius 1 is 1.08 bits per heavy atom. The molecule has 1 aliphatic rings. The molecule has 0 bridgehead atoms. The third-order valence-corrected chi connectivity index (χ3v) is 3.85. The van der Waals surface area contributed by atoms with E-state index >= 15 is 0 Å². The lowest BCUT2D eigenvalue weighted by Crippen LogP contribution is -2.61. The average molecular weight is 368 g/mol. The Bertz CT molecular complexity index is 590. The highest BCUT2D eigenvalue weighted by Crippen LogP contribution is 2.27. The zero-order chi connectivity index (χ0) is 19.1. The van der Waals surface area contributed by atoms with Gasteiger partial charge < -0.3 is 28.8 Å². The first-order chi connectivity index (χ1) is 12.4. The number of carbonyl (C=O) groups is 2. The molecule has 1 N–H and O–H groups in total. The van der Waals surface area contributed by atoms with E-state index < -0.39 is 42.6 Å². The Labute approximate surface area is 151 Å². The largest absolute Gasteiger partial charge is 0.455 e. The fraction of sp³-hybridized carbons (Fsp3) is 0.556. The third-order valence-electron chi connectivity index (χ3n) is 3.85. The normalized spacial score (nSPS) is 28.4. The Morgan fingerprint density at radius 3 is 2.27 bits per heavy atom. The maximum Gasteiger partial charge on any atom is 0.303 e. The zero-order valence-corrected chi connectivity index (χ0v) is 15.0. The van der Waals surface area contributed by atoms with Crippen molar-refractivity contribution in [3.8, 4) is 0 Å². The summed E-state index contributed by atoms with van der Waals surface area (Å²) in [7, 11) is 1.37. The SMILES string of the molecule is CO[C@H]1OC(COCc2ccccc2)[C@@H](O)C(OC(C)=O)C1OC(C)=O. The predicted molar refractivity (Wildman–Crippen MR) is 88.9 cm³/mol. The predicted octanol–water partition coefficient (Wildman–Crippen LogP) is 0.799. The first kappa shape index (κ1) is 20.3. The quantitative estimate of drug-likeness (QED) is 0.706. The minimum atomic E-state index is -1.24. The van der Waals surface area contributed by atoms with Crippen molar-refractivity contribution in [1.29, 1.82) is 0 Å². The van der Waals surface area contributed by atoms with Crippen molar-refractivity contribution in [3.63, 3.8) is 0 Å². The van der Waals surface area contributed by atoms with Crippen molar-refractivity contribution >= 4 is 11.9 Å². The molecule has 0 spiro atoms. The van der Waals surface area contributed by atoms with Crippen LogP contribution < -0.4 is 0 Å². The van der Waals surface area contributed by atoms with Crippen LogP contribution in [-0.2, 0) is 39.9 Å². The summed E-state index contributed by atoms with van der Waals surface area (Å²) < 4.78 is 26.7. The van der Waals surface area contributed by atoms with E-state index in [4.69, 9.17) is 23.7 Å². The lowest BCUT2D eigenvalue weighted by Gasteiger charge is -2.42. The maximum absolute atomic E-state index is 11.4. The topological polar surface area (TPSA) is 101 Å². The number of benzene rings is 1. The Balaban J connectivity index is 2.05. The number of esters is 2. The summed E-state index contributed by atoms with van der Waals surface area (Å²) in [6.45, 7) is 2.78. The fourth-order valence-electron chi connectivity index (χ4n) is 2.73. The summed E-state index contributed by atoms with van der Waals surface area (Å²) in [6.07, 6.45) is -5.27. The highest BCUT2D eigenvalue weighted by molar-refractivity contribution is 5.67. The van der Waals surface area contributed by atoms with E-state index in [1.807, 2.05) is 30.3 Å². The molecule has 1 aliphatic heterocycles. The van der Waals surface area contributed by atoms with Gasteiger partial charge in [0, 0.05) is 21.0 Å². The van der Waals surface area contributed by atoms with E-state index in [9.17, 15) is 14.7 Å². The second-order valence-electron chi connectivity index (χ2n) is 5.92. The lowest BCUT2D eigenvalue weighted by atomic mass is 9.98. The number of methoxy groups -OCH3 is 1. The van der Waals surface area contributed by atoms with E-state index in [0.29, 0.717) is 6.61 Å². The van der Waals surface area contributed by atoms with Gasteiger partial charge in [-0.15, -0.1) is 0 Å². The first-order valence-electron chi connectivity index (χ1n) is 8.24. The van der Waals surface area contributed by atoms with E-state index in [-0.39, 0.29) is 6.61 Å². The molecule has 0 aromatic heterocycles. The van der Waals surface area contributed by atoms with Gasteiger partial charge in [0.1, 0.15) is 12.2 Å². The second kappa shape index (κ2) is 9.63. The van der Waals surface area contributed by atoms with E-state index in [1.54, 1.807) is 0 Å². The molecule has 3 unspecified atom stereocenters. The average Bonchev–Trinajstić information content (AvgIpc) is 2.60. The zero-order valence-electron chi connectivity index (χ0n) is 15.0. The van der Waals surface area contributed by atoms with Crippen LogP contribution in [-0.4, -0.2) is 61.5 Å². The van der Waals surface area contributed by atoms with Gasteiger partial charge in [0.25, 0.3) is 0 Å². The molecule has 1 saturated heterocycles.